The number of quaternary nitrogens is 1. The molecule has 0 aliphatic rings. The number of rotatable bonds is 4. The summed E-state index contributed by atoms with van der Waals surface area (Å²) in [5.74, 6) is -0.109. The molecule has 1 amide bonds. The van der Waals surface area contributed by atoms with Crippen molar-refractivity contribution in [3.05, 3.63) is 12.7 Å². The van der Waals surface area contributed by atoms with Crippen LogP contribution < -0.4 is 5.32 Å². The Hall–Kier alpha value is -0.830. The van der Waals surface area contributed by atoms with Crippen molar-refractivity contribution in [1.82, 2.24) is 5.32 Å². The van der Waals surface area contributed by atoms with Gasteiger partial charge in [-0.05, 0) is 13.0 Å². The van der Waals surface area contributed by atoms with Crippen molar-refractivity contribution in [1.29, 1.82) is 0 Å². The smallest absolute Gasteiger partial charge is 0.247 e. The largest absolute Gasteiger partial charge is 0.309 e. The summed E-state index contributed by atoms with van der Waals surface area (Å²) in [6, 6.07) is 0. The van der Waals surface area contributed by atoms with Crippen LogP contribution in [0.3, 0.4) is 0 Å². The van der Waals surface area contributed by atoms with E-state index in [1.165, 1.54) is 6.08 Å². The molecule has 0 heterocycles. The van der Waals surface area contributed by atoms with Crippen LogP contribution >= 0.6 is 0 Å². The molecule has 0 rings (SSSR count). The summed E-state index contributed by atoms with van der Waals surface area (Å²) in [4.78, 5) is 10.9. The molecule has 0 saturated heterocycles. The van der Waals surface area contributed by atoms with E-state index in [9.17, 15) is 4.79 Å². The fourth-order valence-electron chi connectivity index (χ4n) is 0.713. The van der Waals surface area contributed by atoms with Crippen molar-refractivity contribution < 1.29 is 9.28 Å². The average molecular weight is 171 g/mol. The Morgan fingerprint density at radius 1 is 1.67 bits per heavy atom. The maximum atomic E-state index is 10.9. The molecule has 0 spiro atoms. The average Bonchev–Trinajstić information content (AvgIpc) is 2.04. The molecule has 0 saturated carbocycles. The number of nitrogens with one attached hydrogen (secondary N) is 1. The number of hydrogen-bond donors (Lipinski definition) is 1. The van der Waals surface area contributed by atoms with Crippen LogP contribution in [0.5, 0.6) is 0 Å². The maximum Gasteiger partial charge on any atom is 0.247 e. The van der Waals surface area contributed by atoms with E-state index in [4.69, 9.17) is 0 Å². The summed E-state index contributed by atoms with van der Waals surface area (Å²) in [6.45, 7) is 8.47. The van der Waals surface area contributed by atoms with E-state index in [0.717, 1.165) is 11.0 Å². The van der Waals surface area contributed by atoms with Gasteiger partial charge >= 0.3 is 0 Å². The highest BCUT2D eigenvalue weighted by Gasteiger charge is 2.21. The molecule has 0 radical (unpaired) electrons. The molecule has 3 nitrogen and oxygen atoms in total. The summed E-state index contributed by atoms with van der Waals surface area (Å²) in [5.41, 5.74) is 0. The summed E-state index contributed by atoms with van der Waals surface area (Å²) < 4.78 is 0.777. The van der Waals surface area contributed by atoms with Crippen LogP contribution in [0.25, 0.3) is 0 Å². The van der Waals surface area contributed by atoms with Gasteiger partial charge in [0.25, 0.3) is 0 Å². The molecule has 0 aliphatic carbocycles. The first kappa shape index (κ1) is 11.2. The molecule has 3 heteroatoms. The zero-order valence-corrected chi connectivity index (χ0v) is 8.42. The lowest BCUT2D eigenvalue weighted by atomic mass is 10.3. The van der Waals surface area contributed by atoms with E-state index < -0.39 is 0 Å². The molecule has 1 N–H and O–H groups in total. The molecule has 0 aromatic rings. The van der Waals surface area contributed by atoms with Crippen LogP contribution in [-0.2, 0) is 4.79 Å². The van der Waals surface area contributed by atoms with Gasteiger partial charge in [0, 0.05) is 6.92 Å². The number of carbonyl (C=O) groups is 1. The van der Waals surface area contributed by atoms with Gasteiger partial charge in [0.05, 0.1) is 20.6 Å². The zero-order chi connectivity index (χ0) is 9.78. The number of nitrogens with zero attached hydrogens (tertiary/aromatic N) is 1. The normalized spacial score (nSPS) is 13.7. The van der Waals surface area contributed by atoms with Gasteiger partial charge < -0.3 is 9.80 Å². The second-order valence-electron chi connectivity index (χ2n) is 3.48. The van der Waals surface area contributed by atoms with Crippen molar-refractivity contribution in [2.45, 2.75) is 20.0 Å². The van der Waals surface area contributed by atoms with Crippen LogP contribution in [0.2, 0.25) is 0 Å². The Kier molecular flexibility index (Phi) is 3.96. The van der Waals surface area contributed by atoms with Crippen molar-refractivity contribution >= 4 is 5.91 Å². The van der Waals surface area contributed by atoms with E-state index >= 15 is 0 Å². The molecule has 0 aromatic carbocycles. The minimum atomic E-state index is -0.109. The van der Waals surface area contributed by atoms with E-state index in [2.05, 4.69) is 32.9 Å². The number of hydrogen-bond acceptors (Lipinski definition) is 1. The second kappa shape index (κ2) is 4.26. The van der Waals surface area contributed by atoms with Gasteiger partial charge in [-0.1, -0.05) is 6.58 Å². The Morgan fingerprint density at radius 2 is 2.17 bits per heavy atom. The van der Waals surface area contributed by atoms with Crippen LogP contribution in [0, 0.1) is 0 Å². The maximum absolute atomic E-state index is 10.9. The van der Waals surface area contributed by atoms with Crippen LogP contribution in [0.15, 0.2) is 12.7 Å². The number of carbonyl (C=O) groups excluding carboxylic acids is 1. The molecular formula is C9H19N2O+. The van der Waals surface area contributed by atoms with Crippen molar-refractivity contribution in [3.63, 3.8) is 0 Å². The van der Waals surface area contributed by atoms with Gasteiger partial charge in [-0.15, -0.1) is 0 Å². The van der Waals surface area contributed by atoms with Crippen molar-refractivity contribution in [3.8, 4) is 0 Å². The third-order valence-electron chi connectivity index (χ3n) is 2.40. The minimum Gasteiger partial charge on any atom is -0.309 e. The molecule has 0 fully saturated rings. The summed E-state index contributed by atoms with van der Waals surface area (Å²) in [6.07, 6.45) is 1.42. The highest BCUT2D eigenvalue weighted by molar-refractivity contribution is 5.86. The van der Waals surface area contributed by atoms with Crippen LogP contribution in [-0.4, -0.2) is 37.2 Å². The Labute approximate surface area is 74.7 Å². The molecule has 1 unspecified atom stereocenters. The van der Waals surface area contributed by atoms with Gasteiger partial charge in [-0.25, -0.2) is 0 Å². The monoisotopic (exact) mass is 171 g/mol. The fourth-order valence-corrected chi connectivity index (χ4v) is 0.713. The highest BCUT2D eigenvalue weighted by atomic mass is 16.1. The van der Waals surface area contributed by atoms with Crippen LogP contribution in [0.1, 0.15) is 13.8 Å². The molecule has 0 aromatic heterocycles. The summed E-state index contributed by atoms with van der Waals surface area (Å²) >= 11 is 0. The van der Waals surface area contributed by atoms with Gasteiger partial charge in [0.15, 0.2) is 6.17 Å². The van der Waals surface area contributed by atoms with Crippen LogP contribution in [0.4, 0.5) is 0 Å². The standard InChI is InChI=1S/C9H18N2O/c1-6-9(12)10-8(3)11(4,5)7-2/h6,8H,1,7H2,2-5H3/p+1. The second-order valence-corrected chi connectivity index (χ2v) is 3.48. The SMILES string of the molecule is C=CC(=O)NC(C)[N+](C)(C)CC. The van der Waals surface area contributed by atoms with Gasteiger partial charge in [0.2, 0.25) is 5.91 Å². The number of amides is 1. The van der Waals surface area contributed by atoms with E-state index in [1.54, 1.807) is 0 Å². The van der Waals surface area contributed by atoms with Gasteiger partial charge in [-0.2, -0.15) is 0 Å². The van der Waals surface area contributed by atoms with Gasteiger partial charge in [0.1, 0.15) is 0 Å². The molecule has 0 bridgehead atoms. The Balaban J connectivity index is 4.11. The third kappa shape index (κ3) is 3.05. The van der Waals surface area contributed by atoms with E-state index in [0.29, 0.717) is 0 Å². The first-order valence-corrected chi connectivity index (χ1v) is 4.19. The highest BCUT2D eigenvalue weighted by Crippen LogP contribution is 2.01. The molecule has 70 valence electrons. The predicted molar refractivity (Wildman–Crippen MR) is 50.5 cm³/mol. The summed E-state index contributed by atoms with van der Waals surface area (Å²) in [7, 11) is 4.15. The van der Waals surface area contributed by atoms with Crippen molar-refractivity contribution in [2.75, 3.05) is 20.6 Å². The van der Waals surface area contributed by atoms with E-state index in [-0.39, 0.29) is 12.1 Å². The molecular weight excluding hydrogens is 152 g/mol. The van der Waals surface area contributed by atoms with Gasteiger partial charge in [-0.3, -0.25) is 4.79 Å². The molecule has 12 heavy (non-hydrogen) atoms. The lowest BCUT2D eigenvalue weighted by Crippen LogP contribution is -2.55. The predicted octanol–water partition coefficient (Wildman–Crippen LogP) is 0.731. The molecule has 1 atom stereocenters. The third-order valence-corrected chi connectivity index (χ3v) is 2.40. The lowest BCUT2D eigenvalue weighted by molar-refractivity contribution is -0.913. The molecule has 0 aliphatic heterocycles. The first-order chi connectivity index (χ1) is 5.44. The summed E-state index contributed by atoms with van der Waals surface area (Å²) in [5, 5.41) is 2.84. The first-order valence-electron chi connectivity index (χ1n) is 4.19. The Bertz CT molecular complexity index is 175. The quantitative estimate of drug-likeness (QED) is 0.377. The Morgan fingerprint density at radius 3 is 2.50 bits per heavy atom. The lowest BCUT2D eigenvalue weighted by Gasteiger charge is -2.34. The topological polar surface area (TPSA) is 29.1 Å². The fraction of sp³-hybridized carbons (Fsp3) is 0.667. The van der Waals surface area contributed by atoms with Crippen molar-refractivity contribution in [2.24, 2.45) is 0 Å². The zero-order valence-electron chi connectivity index (χ0n) is 8.42. The van der Waals surface area contributed by atoms with E-state index in [1.807, 2.05) is 6.92 Å². The minimum absolute atomic E-state index is 0.109.